The van der Waals surface area contributed by atoms with Crippen molar-refractivity contribution in [2.75, 3.05) is 0 Å². The van der Waals surface area contributed by atoms with E-state index in [9.17, 15) is 9.90 Å². The van der Waals surface area contributed by atoms with Crippen LogP contribution in [-0.4, -0.2) is 21.0 Å². The van der Waals surface area contributed by atoms with Gasteiger partial charge >= 0.3 is 5.97 Å². The van der Waals surface area contributed by atoms with Gasteiger partial charge in [-0.15, -0.1) is 0 Å². The average Bonchev–Trinajstić information content (AvgIpc) is 2.26. The molecule has 1 N–H and O–H groups in total. The number of nitrogens with zero attached hydrogens (tertiary/aromatic N) is 2. The van der Waals surface area contributed by atoms with Gasteiger partial charge in [0.2, 0.25) is 0 Å². The second-order valence-corrected chi connectivity index (χ2v) is 4.70. The number of aromatic carboxylic acids is 1. The fourth-order valence-electron chi connectivity index (χ4n) is 2.24. The number of aryl methyl sites for hydroxylation is 4. The molecule has 0 saturated carbocycles. The minimum atomic E-state index is -0.993. The first-order valence-corrected chi connectivity index (χ1v) is 6.06. The molecule has 0 aliphatic carbocycles. The molecule has 4 nitrogen and oxygen atoms in total. The molecule has 0 spiro atoms. The predicted molar refractivity (Wildman–Crippen MR) is 73.4 cm³/mol. The van der Waals surface area contributed by atoms with Gasteiger partial charge in [-0.05, 0) is 33.3 Å². The van der Waals surface area contributed by atoms with Gasteiger partial charge < -0.3 is 5.11 Å². The zero-order valence-corrected chi connectivity index (χ0v) is 11.5. The Morgan fingerprint density at radius 3 is 2.37 bits per heavy atom. The van der Waals surface area contributed by atoms with Crippen LogP contribution in [0.25, 0.3) is 11.3 Å². The summed E-state index contributed by atoms with van der Waals surface area (Å²) in [5.74, 6) is -0.412. The van der Waals surface area contributed by atoms with E-state index in [4.69, 9.17) is 0 Å². The normalized spacial score (nSPS) is 10.5. The SMILES string of the molecule is Cc1ccc(-c2nc(C)nc(C)c2C(=O)O)c(C)c1. The molecule has 0 bridgehead atoms. The predicted octanol–water partition coefficient (Wildman–Crippen LogP) is 3.08. The highest BCUT2D eigenvalue weighted by molar-refractivity contribution is 5.96. The molecular weight excluding hydrogens is 240 g/mol. The van der Waals surface area contributed by atoms with Gasteiger partial charge in [-0.25, -0.2) is 14.8 Å². The van der Waals surface area contributed by atoms with Gasteiger partial charge in [0.15, 0.2) is 0 Å². The Labute approximate surface area is 112 Å². The number of carbonyl (C=O) groups is 1. The largest absolute Gasteiger partial charge is 0.478 e. The monoisotopic (exact) mass is 256 g/mol. The van der Waals surface area contributed by atoms with Crippen LogP contribution in [0.5, 0.6) is 0 Å². The summed E-state index contributed by atoms with van der Waals surface area (Å²) in [5.41, 5.74) is 4.17. The van der Waals surface area contributed by atoms with Crippen LogP contribution in [0, 0.1) is 27.7 Å². The highest BCUT2D eigenvalue weighted by Gasteiger charge is 2.19. The second kappa shape index (κ2) is 4.80. The van der Waals surface area contributed by atoms with Crippen molar-refractivity contribution in [2.45, 2.75) is 27.7 Å². The summed E-state index contributed by atoms with van der Waals surface area (Å²) in [6.07, 6.45) is 0. The Kier molecular flexibility index (Phi) is 3.34. The van der Waals surface area contributed by atoms with Crippen molar-refractivity contribution in [3.63, 3.8) is 0 Å². The highest BCUT2D eigenvalue weighted by atomic mass is 16.4. The average molecular weight is 256 g/mol. The first-order chi connectivity index (χ1) is 8.90. The summed E-state index contributed by atoms with van der Waals surface area (Å²) in [6.45, 7) is 7.43. The van der Waals surface area contributed by atoms with E-state index in [0.29, 0.717) is 17.2 Å². The maximum atomic E-state index is 11.4. The van der Waals surface area contributed by atoms with Crippen molar-refractivity contribution in [1.29, 1.82) is 0 Å². The standard InChI is InChI=1S/C15H16N2O2/c1-8-5-6-12(9(2)7-8)14-13(15(18)19)10(3)16-11(4)17-14/h5-7H,1-4H3,(H,18,19). The molecule has 4 heteroatoms. The Balaban J connectivity index is 2.77. The summed E-state index contributed by atoms with van der Waals surface area (Å²) in [4.78, 5) is 19.9. The fraction of sp³-hybridized carbons (Fsp3) is 0.267. The molecule has 0 fully saturated rings. The van der Waals surface area contributed by atoms with Crippen molar-refractivity contribution in [3.8, 4) is 11.3 Å². The molecule has 2 aromatic rings. The molecule has 0 radical (unpaired) electrons. The quantitative estimate of drug-likeness (QED) is 0.896. The zero-order valence-electron chi connectivity index (χ0n) is 11.5. The van der Waals surface area contributed by atoms with E-state index in [1.54, 1.807) is 13.8 Å². The third-order valence-electron chi connectivity index (χ3n) is 3.05. The lowest BCUT2D eigenvalue weighted by atomic mass is 9.98. The van der Waals surface area contributed by atoms with Crippen LogP contribution in [0.1, 0.15) is 33.0 Å². The Hall–Kier alpha value is -2.23. The summed E-state index contributed by atoms with van der Waals surface area (Å²) in [6, 6.07) is 5.90. The maximum absolute atomic E-state index is 11.4. The van der Waals surface area contributed by atoms with E-state index in [1.165, 1.54) is 0 Å². The van der Waals surface area contributed by atoms with Crippen LogP contribution >= 0.6 is 0 Å². The number of benzene rings is 1. The first-order valence-electron chi connectivity index (χ1n) is 6.06. The molecule has 0 unspecified atom stereocenters. The van der Waals surface area contributed by atoms with Gasteiger partial charge in [0.05, 0.1) is 11.4 Å². The van der Waals surface area contributed by atoms with Gasteiger partial charge in [-0.1, -0.05) is 23.8 Å². The number of hydrogen-bond acceptors (Lipinski definition) is 3. The zero-order chi connectivity index (χ0) is 14.2. The van der Waals surface area contributed by atoms with E-state index >= 15 is 0 Å². The molecule has 0 saturated heterocycles. The number of rotatable bonds is 2. The van der Waals surface area contributed by atoms with Crippen molar-refractivity contribution in [2.24, 2.45) is 0 Å². The van der Waals surface area contributed by atoms with E-state index < -0.39 is 5.97 Å². The Morgan fingerprint density at radius 1 is 1.11 bits per heavy atom. The second-order valence-electron chi connectivity index (χ2n) is 4.70. The van der Waals surface area contributed by atoms with Crippen LogP contribution in [0.4, 0.5) is 0 Å². The summed E-state index contributed by atoms with van der Waals surface area (Å²) in [7, 11) is 0. The third-order valence-corrected chi connectivity index (χ3v) is 3.05. The van der Waals surface area contributed by atoms with Gasteiger partial charge in [-0.3, -0.25) is 0 Å². The lowest BCUT2D eigenvalue weighted by molar-refractivity contribution is 0.0696. The van der Waals surface area contributed by atoms with Gasteiger partial charge in [0.1, 0.15) is 11.4 Å². The minimum Gasteiger partial charge on any atom is -0.478 e. The first kappa shape index (κ1) is 13.2. The smallest absolute Gasteiger partial charge is 0.339 e. The molecule has 2 rings (SSSR count). The van der Waals surface area contributed by atoms with E-state index in [1.807, 2.05) is 32.0 Å². The number of aromatic nitrogens is 2. The summed E-state index contributed by atoms with van der Waals surface area (Å²) in [5, 5.41) is 9.36. The van der Waals surface area contributed by atoms with Crippen LogP contribution in [0.2, 0.25) is 0 Å². The van der Waals surface area contributed by atoms with E-state index in [0.717, 1.165) is 16.7 Å². The molecule has 1 heterocycles. The van der Waals surface area contributed by atoms with Crippen molar-refractivity contribution in [1.82, 2.24) is 9.97 Å². The lowest BCUT2D eigenvalue weighted by Gasteiger charge is -2.11. The molecule has 0 amide bonds. The van der Waals surface area contributed by atoms with Crippen LogP contribution < -0.4 is 0 Å². The van der Waals surface area contributed by atoms with Crippen molar-refractivity contribution < 1.29 is 9.90 Å². The van der Waals surface area contributed by atoms with Gasteiger partial charge in [0, 0.05) is 5.56 Å². The summed E-state index contributed by atoms with van der Waals surface area (Å²) >= 11 is 0. The van der Waals surface area contributed by atoms with Crippen LogP contribution in [-0.2, 0) is 0 Å². The maximum Gasteiger partial charge on any atom is 0.339 e. The molecule has 98 valence electrons. The Morgan fingerprint density at radius 2 is 1.79 bits per heavy atom. The number of carboxylic acids is 1. The van der Waals surface area contributed by atoms with E-state index in [2.05, 4.69) is 9.97 Å². The van der Waals surface area contributed by atoms with Crippen LogP contribution in [0.3, 0.4) is 0 Å². The van der Waals surface area contributed by atoms with Crippen molar-refractivity contribution in [3.05, 3.63) is 46.4 Å². The Bertz CT molecular complexity index is 663. The molecule has 1 aromatic heterocycles. The fourth-order valence-corrected chi connectivity index (χ4v) is 2.24. The van der Waals surface area contributed by atoms with E-state index in [-0.39, 0.29) is 5.56 Å². The van der Waals surface area contributed by atoms with Crippen molar-refractivity contribution >= 4 is 5.97 Å². The third kappa shape index (κ3) is 2.47. The lowest BCUT2D eigenvalue weighted by Crippen LogP contribution is -2.09. The topological polar surface area (TPSA) is 63.1 Å². The number of hydrogen-bond donors (Lipinski definition) is 1. The molecule has 0 aliphatic heterocycles. The van der Waals surface area contributed by atoms with Gasteiger partial charge in [0.25, 0.3) is 0 Å². The number of carboxylic acid groups (broad SMARTS) is 1. The minimum absolute atomic E-state index is 0.178. The highest BCUT2D eigenvalue weighted by Crippen LogP contribution is 2.27. The van der Waals surface area contributed by atoms with Gasteiger partial charge in [-0.2, -0.15) is 0 Å². The summed E-state index contributed by atoms with van der Waals surface area (Å²) < 4.78 is 0. The molecule has 0 aliphatic rings. The van der Waals surface area contributed by atoms with Crippen LogP contribution in [0.15, 0.2) is 18.2 Å². The molecule has 19 heavy (non-hydrogen) atoms. The molecule has 1 aromatic carbocycles. The molecular formula is C15H16N2O2. The molecule has 0 atom stereocenters.